The van der Waals surface area contributed by atoms with Crippen LogP contribution in [0.4, 0.5) is 4.79 Å². The van der Waals surface area contributed by atoms with Crippen LogP contribution in [0.3, 0.4) is 0 Å². The molecular weight excluding hydrogens is 300 g/mol. The maximum atomic E-state index is 12.5. The van der Waals surface area contributed by atoms with E-state index in [9.17, 15) is 4.79 Å². The van der Waals surface area contributed by atoms with E-state index in [2.05, 4.69) is 25.2 Å². The van der Waals surface area contributed by atoms with Gasteiger partial charge >= 0.3 is 6.03 Å². The van der Waals surface area contributed by atoms with E-state index in [-0.39, 0.29) is 12.1 Å². The topological polar surface area (TPSA) is 50.8 Å². The normalized spacial score (nSPS) is 22.0. The minimum atomic E-state index is -0.562. The molecule has 0 saturated carbocycles. The number of thiophene rings is 1. The van der Waals surface area contributed by atoms with E-state index in [0.717, 1.165) is 19.4 Å². The highest BCUT2D eigenvalue weighted by atomic mass is 32.1. The number of amides is 2. The molecule has 2 amide bonds. The smallest absolute Gasteiger partial charge is 0.318 e. The van der Waals surface area contributed by atoms with E-state index in [1.165, 1.54) is 15.3 Å². The summed E-state index contributed by atoms with van der Waals surface area (Å²) >= 11 is 1.77. The fourth-order valence-electron chi connectivity index (χ4n) is 3.33. The van der Waals surface area contributed by atoms with E-state index in [1.807, 2.05) is 11.8 Å². The summed E-state index contributed by atoms with van der Waals surface area (Å²) in [5.74, 6) is -0.562. The molecule has 5 nitrogen and oxygen atoms in total. The zero-order chi connectivity index (χ0) is 15.7. The molecule has 3 heterocycles. The first-order valence-corrected chi connectivity index (χ1v) is 8.71. The average Bonchev–Trinajstić information content (AvgIpc) is 3.05. The van der Waals surface area contributed by atoms with Crippen molar-refractivity contribution >= 4 is 17.4 Å². The van der Waals surface area contributed by atoms with E-state index in [1.54, 1.807) is 11.3 Å². The summed E-state index contributed by atoms with van der Waals surface area (Å²) in [6, 6.07) is 2.14. The van der Waals surface area contributed by atoms with E-state index < -0.39 is 5.79 Å². The molecule has 122 valence electrons. The lowest BCUT2D eigenvalue weighted by molar-refractivity contribution is -0.182. The number of nitrogens with one attached hydrogen (secondary N) is 1. The maximum Gasteiger partial charge on any atom is 0.318 e. The predicted octanol–water partition coefficient (Wildman–Crippen LogP) is 2.97. The molecule has 1 aromatic rings. The summed E-state index contributed by atoms with van der Waals surface area (Å²) in [4.78, 5) is 16.9. The number of hydrogen-bond donors (Lipinski definition) is 1. The van der Waals surface area contributed by atoms with Crippen LogP contribution < -0.4 is 5.32 Å². The number of carbonyl (C=O) groups is 1. The molecule has 6 heteroatoms. The fourth-order valence-corrected chi connectivity index (χ4v) is 4.35. The van der Waals surface area contributed by atoms with Crippen LogP contribution >= 0.6 is 11.3 Å². The van der Waals surface area contributed by atoms with Crippen LogP contribution in [0.5, 0.6) is 0 Å². The van der Waals surface area contributed by atoms with Crippen molar-refractivity contribution in [2.45, 2.75) is 45.4 Å². The Morgan fingerprint density at radius 3 is 2.77 bits per heavy atom. The lowest BCUT2D eigenvalue weighted by atomic mass is 10.0. The third-order valence-corrected chi connectivity index (χ3v) is 5.39. The molecule has 2 saturated heterocycles. The third-order valence-electron chi connectivity index (χ3n) is 4.40. The highest BCUT2D eigenvalue weighted by Crippen LogP contribution is 2.31. The summed E-state index contributed by atoms with van der Waals surface area (Å²) < 4.78 is 11.5. The van der Waals surface area contributed by atoms with Gasteiger partial charge in [-0.3, -0.25) is 0 Å². The van der Waals surface area contributed by atoms with Crippen LogP contribution in [-0.4, -0.2) is 43.0 Å². The Labute approximate surface area is 135 Å². The molecule has 1 aromatic heterocycles. The maximum absolute atomic E-state index is 12.5. The molecule has 1 atom stereocenters. The van der Waals surface area contributed by atoms with Gasteiger partial charge in [0.15, 0.2) is 5.79 Å². The molecule has 0 unspecified atom stereocenters. The number of carbonyl (C=O) groups excluding carboxylic acids is 1. The Hall–Kier alpha value is -1.11. The molecule has 2 aliphatic heterocycles. The second kappa shape index (κ2) is 6.18. The molecule has 2 fully saturated rings. The van der Waals surface area contributed by atoms with Gasteiger partial charge in [0, 0.05) is 22.7 Å². The number of urea groups is 1. The van der Waals surface area contributed by atoms with Crippen molar-refractivity contribution in [1.29, 1.82) is 0 Å². The number of hydrogen-bond acceptors (Lipinski definition) is 4. The molecule has 22 heavy (non-hydrogen) atoms. The number of rotatable bonds is 2. The number of nitrogens with zero attached hydrogens (tertiary/aromatic N) is 1. The Kier molecular flexibility index (Phi) is 4.43. The minimum absolute atomic E-state index is 0.0146. The highest BCUT2D eigenvalue weighted by molar-refractivity contribution is 7.12. The molecule has 0 aliphatic carbocycles. The van der Waals surface area contributed by atoms with E-state index >= 15 is 0 Å². The first kappa shape index (κ1) is 15.8. The summed E-state index contributed by atoms with van der Waals surface area (Å²) in [6.07, 6.45) is 1.79. The van der Waals surface area contributed by atoms with Crippen molar-refractivity contribution in [3.05, 3.63) is 21.4 Å². The second-order valence-corrected chi connectivity index (χ2v) is 7.63. The molecule has 0 bridgehead atoms. The molecule has 1 N–H and O–H groups in total. The van der Waals surface area contributed by atoms with Crippen molar-refractivity contribution in [3.8, 4) is 0 Å². The van der Waals surface area contributed by atoms with Crippen molar-refractivity contribution < 1.29 is 14.3 Å². The average molecular weight is 324 g/mol. The third kappa shape index (κ3) is 3.14. The van der Waals surface area contributed by atoms with Gasteiger partial charge in [0.25, 0.3) is 0 Å². The molecule has 0 aromatic carbocycles. The molecule has 1 spiro atoms. The molecular formula is C16H24N2O3S. The van der Waals surface area contributed by atoms with Crippen LogP contribution in [0.15, 0.2) is 6.07 Å². The van der Waals surface area contributed by atoms with Gasteiger partial charge in [0.2, 0.25) is 0 Å². The first-order chi connectivity index (χ1) is 10.5. The number of ether oxygens (including phenoxy) is 2. The molecule has 3 rings (SSSR count). The Morgan fingerprint density at radius 2 is 2.14 bits per heavy atom. The summed E-state index contributed by atoms with van der Waals surface area (Å²) in [5, 5.41) is 3.11. The number of likely N-dealkylation sites (tertiary alicyclic amines) is 1. The van der Waals surface area contributed by atoms with Gasteiger partial charge in [-0.2, -0.15) is 0 Å². The SMILES string of the molecule is Cc1cc([C@H](C)NC(=O)N2CCCC3(C2)OCCO3)c(C)s1. The second-order valence-electron chi connectivity index (χ2n) is 6.17. The molecule has 2 aliphatic rings. The van der Waals surface area contributed by atoms with Crippen LogP contribution in [0.1, 0.15) is 41.1 Å². The number of aryl methyl sites for hydroxylation is 2. The minimum Gasteiger partial charge on any atom is -0.346 e. The van der Waals surface area contributed by atoms with Crippen molar-refractivity contribution in [3.63, 3.8) is 0 Å². The highest BCUT2D eigenvalue weighted by Gasteiger charge is 2.42. The lowest BCUT2D eigenvalue weighted by Gasteiger charge is -2.38. The van der Waals surface area contributed by atoms with Crippen LogP contribution in [0.2, 0.25) is 0 Å². The van der Waals surface area contributed by atoms with Gasteiger partial charge in [-0.1, -0.05) is 0 Å². The summed E-state index contributed by atoms with van der Waals surface area (Å²) in [7, 11) is 0. The Balaban J connectivity index is 1.62. The van der Waals surface area contributed by atoms with Gasteiger partial charge in [0.1, 0.15) is 0 Å². The summed E-state index contributed by atoms with van der Waals surface area (Å²) in [5.41, 5.74) is 1.20. The van der Waals surface area contributed by atoms with Crippen LogP contribution in [-0.2, 0) is 9.47 Å². The molecule has 0 radical (unpaired) electrons. The van der Waals surface area contributed by atoms with Gasteiger partial charge in [-0.25, -0.2) is 4.79 Å². The van der Waals surface area contributed by atoms with Crippen molar-refractivity contribution in [1.82, 2.24) is 10.2 Å². The van der Waals surface area contributed by atoms with E-state index in [4.69, 9.17) is 9.47 Å². The van der Waals surface area contributed by atoms with Gasteiger partial charge < -0.3 is 19.7 Å². The monoisotopic (exact) mass is 324 g/mol. The fraction of sp³-hybridized carbons (Fsp3) is 0.688. The summed E-state index contributed by atoms with van der Waals surface area (Å²) in [6.45, 7) is 8.76. The van der Waals surface area contributed by atoms with Crippen molar-refractivity contribution in [2.24, 2.45) is 0 Å². The lowest BCUT2D eigenvalue weighted by Crippen LogP contribution is -2.53. The van der Waals surface area contributed by atoms with E-state index in [0.29, 0.717) is 19.8 Å². The van der Waals surface area contributed by atoms with Crippen LogP contribution in [0.25, 0.3) is 0 Å². The predicted molar refractivity (Wildman–Crippen MR) is 86.2 cm³/mol. The number of piperidine rings is 1. The van der Waals surface area contributed by atoms with Gasteiger partial charge in [-0.05, 0) is 38.8 Å². The Bertz CT molecular complexity index is 552. The standard InChI is InChI=1S/C16H24N2O3S/c1-11-9-14(13(3)22-11)12(2)17-15(19)18-6-4-5-16(10-18)20-7-8-21-16/h9,12H,4-8,10H2,1-3H3,(H,17,19)/t12-/m0/s1. The Morgan fingerprint density at radius 1 is 1.41 bits per heavy atom. The first-order valence-electron chi connectivity index (χ1n) is 7.89. The van der Waals surface area contributed by atoms with Crippen molar-refractivity contribution in [2.75, 3.05) is 26.3 Å². The quantitative estimate of drug-likeness (QED) is 0.910. The van der Waals surface area contributed by atoms with Gasteiger partial charge in [0.05, 0.1) is 25.8 Å². The van der Waals surface area contributed by atoms with Crippen LogP contribution in [0, 0.1) is 13.8 Å². The zero-order valence-electron chi connectivity index (χ0n) is 13.5. The zero-order valence-corrected chi connectivity index (χ0v) is 14.3. The largest absolute Gasteiger partial charge is 0.346 e. The van der Waals surface area contributed by atoms with Gasteiger partial charge in [-0.15, -0.1) is 11.3 Å².